The van der Waals surface area contributed by atoms with Crippen LogP contribution < -0.4 is 5.32 Å². The molecular weight excluding hydrogens is 349 g/mol. The fourth-order valence-electron chi connectivity index (χ4n) is 2.23. The second kappa shape index (κ2) is 6.87. The number of oxazole rings is 1. The van der Waals surface area contributed by atoms with Crippen molar-refractivity contribution in [2.75, 3.05) is 5.32 Å². The quantitative estimate of drug-likeness (QED) is 0.749. The van der Waals surface area contributed by atoms with Crippen LogP contribution in [0.3, 0.4) is 0 Å². The largest absolute Gasteiger partial charge is 0.432 e. The molecule has 0 bridgehead atoms. The molecule has 2 aromatic heterocycles. The van der Waals surface area contributed by atoms with E-state index in [1.54, 1.807) is 10.6 Å². The van der Waals surface area contributed by atoms with Gasteiger partial charge in [0.1, 0.15) is 0 Å². The maximum atomic E-state index is 12.8. The fraction of sp³-hybridized carbons (Fsp3) is 0.118. The van der Waals surface area contributed by atoms with Crippen LogP contribution in [0.25, 0.3) is 6.08 Å². The van der Waals surface area contributed by atoms with Crippen molar-refractivity contribution in [2.45, 2.75) is 12.7 Å². The average Bonchev–Trinajstić information content (AvgIpc) is 3.23. The van der Waals surface area contributed by atoms with Gasteiger partial charge in [0.05, 0.1) is 18.1 Å². The lowest BCUT2D eigenvalue weighted by Crippen LogP contribution is -2.11. The normalized spacial score (nSPS) is 11.3. The van der Waals surface area contributed by atoms with E-state index in [-0.39, 0.29) is 24.0 Å². The van der Waals surface area contributed by atoms with Gasteiger partial charge in [-0.2, -0.15) is 13.2 Å². The van der Waals surface area contributed by atoms with Crippen LogP contribution in [0.5, 0.6) is 0 Å². The Labute approximate surface area is 146 Å². The second-order valence-electron chi connectivity index (χ2n) is 5.35. The number of nitrogens with zero attached hydrogens (tertiary/aromatic N) is 3. The number of hydrogen-bond donors (Lipinski definition) is 1. The number of aromatic nitrogens is 3. The molecule has 3 aromatic rings. The van der Waals surface area contributed by atoms with Crippen molar-refractivity contribution >= 4 is 17.8 Å². The van der Waals surface area contributed by atoms with Crippen LogP contribution >= 0.6 is 0 Å². The molecule has 134 valence electrons. The highest BCUT2D eigenvalue weighted by Crippen LogP contribution is 2.29. The molecule has 1 amide bonds. The zero-order valence-electron chi connectivity index (χ0n) is 13.3. The molecular formula is C17H13F3N4O2. The molecule has 9 heteroatoms. The molecule has 0 aliphatic rings. The summed E-state index contributed by atoms with van der Waals surface area (Å²) in [6, 6.07) is 5.01. The number of carbonyl (C=O) groups excluding carboxylic acids is 1. The number of anilines is 1. The summed E-state index contributed by atoms with van der Waals surface area (Å²) >= 11 is 0. The van der Waals surface area contributed by atoms with Gasteiger partial charge in [0, 0.05) is 12.7 Å². The summed E-state index contributed by atoms with van der Waals surface area (Å²) in [5, 5.41) is 2.52. The molecule has 0 saturated carbocycles. The zero-order valence-corrected chi connectivity index (χ0v) is 13.3. The van der Waals surface area contributed by atoms with Crippen molar-refractivity contribution < 1.29 is 22.4 Å². The number of amides is 1. The number of alkyl halides is 3. The van der Waals surface area contributed by atoms with Crippen LogP contribution in [0, 0.1) is 0 Å². The Bertz CT molecular complexity index is 943. The topological polar surface area (TPSA) is 73.0 Å². The minimum Gasteiger partial charge on any atom is -0.432 e. The Kier molecular flexibility index (Phi) is 4.61. The molecule has 3 rings (SSSR count). The van der Waals surface area contributed by atoms with E-state index in [0.717, 1.165) is 12.1 Å². The Hall–Kier alpha value is -3.36. The van der Waals surface area contributed by atoms with Crippen molar-refractivity contribution in [3.05, 3.63) is 72.3 Å². The maximum absolute atomic E-state index is 12.8. The van der Waals surface area contributed by atoms with Gasteiger partial charge in [-0.3, -0.25) is 4.79 Å². The zero-order chi connectivity index (χ0) is 18.7. The van der Waals surface area contributed by atoms with Gasteiger partial charge < -0.3 is 14.3 Å². The predicted molar refractivity (Wildman–Crippen MR) is 87.3 cm³/mol. The highest BCUT2D eigenvalue weighted by Gasteiger charge is 2.30. The van der Waals surface area contributed by atoms with Crippen molar-refractivity contribution in [3.63, 3.8) is 0 Å². The molecule has 0 aliphatic heterocycles. The van der Waals surface area contributed by atoms with Gasteiger partial charge in [0.15, 0.2) is 5.82 Å². The van der Waals surface area contributed by atoms with Crippen LogP contribution in [0.2, 0.25) is 0 Å². The van der Waals surface area contributed by atoms with E-state index in [2.05, 4.69) is 21.9 Å². The second-order valence-corrected chi connectivity index (χ2v) is 5.35. The van der Waals surface area contributed by atoms with E-state index in [4.69, 9.17) is 4.42 Å². The fourth-order valence-corrected chi connectivity index (χ4v) is 2.23. The van der Waals surface area contributed by atoms with Crippen LogP contribution in [-0.4, -0.2) is 20.4 Å². The van der Waals surface area contributed by atoms with E-state index in [0.29, 0.717) is 5.56 Å². The minimum absolute atomic E-state index is 0.00710. The third-order valence-corrected chi connectivity index (χ3v) is 3.42. The van der Waals surface area contributed by atoms with E-state index >= 15 is 0 Å². The molecule has 0 fully saturated rings. The predicted octanol–water partition coefficient (Wildman–Crippen LogP) is 3.83. The summed E-state index contributed by atoms with van der Waals surface area (Å²) in [4.78, 5) is 19.8. The SMILES string of the molecule is C=Cc1ncc(C(=O)Nc2cn(Cc3cccc(C(F)(F)F)c3)cn2)o1. The van der Waals surface area contributed by atoms with E-state index in [9.17, 15) is 18.0 Å². The third kappa shape index (κ3) is 4.00. The van der Waals surface area contributed by atoms with Gasteiger partial charge in [-0.1, -0.05) is 18.7 Å². The molecule has 26 heavy (non-hydrogen) atoms. The molecule has 0 radical (unpaired) electrons. The number of hydrogen-bond acceptors (Lipinski definition) is 4. The molecule has 1 N–H and O–H groups in total. The van der Waals surface area contributed by atoms with Crippen molar-refractivity contribution in [1.82, 2.24) is 14.5 Å². The third-order valence-electron chi connectivity index (χ3n) is 3.42. The lowest BCUT2D eigenvalue weighted by Gasteiger charge is -2.09. The van der Waals surface area contributed by atoms with Gasteiger partial charge in [0.25, 0.3) is 5.91 Å². The highest BCUT2D eigenvalue weighted by atomic mass is 19.4. The van der Waals surface area contributed by atoms with Gasteiger partial charge in [0.2, 0.25) is 11.7 Å². The Morgan fingerprint density at radius 2 is 2.15 bits per heavy atom. The van der Waals surface area contributed by atoms with Crippen molar-refractivity contribution in [3.8, 4) is 0 Å². The molecule has 0 atom stereocenters. The summed E-state index contributed by atoms with van der Waals surface area (Å²) in [6.45, 7) is 3.65. The Morgan fingerprint density at radius 1 is 1.35 bits per heavy atom. The standard InChI is InChI=1S/C17H13F3N4O2/c1-2-15-21-7-13(26-15)16(25)23-14-9-24(10-22-14)8-11-4-3-5-12(6-11)17(18,19)20/h2-7,9-10H,1,8H2,(H,23,25). The molecule has 2 heterocycles. The van der Waals surface area contributed by atoms with Gasteiger partial charge in [-0.25, -0.2) is 9.97 Å². The lowest BCUT2D eigenvalue weighted by atomic mass is 10.1. The summed E-state index contributed by atoms with van der Waals surface area (Å²) in [7, 11) is 0. The number of halogens is 3. The van der Waals surface area contributed by atoms with Crippen LogP contribution in [-0.2, 0) is 12.7 Å². The molecule has 0 spiro atoms. The number of benzene rings is 1. The van der Waals surface area contributed by atoms with Gasteiger partial charge in [-0.15, -0.1) is 0 Å². The van der Waals surface area contributed by atoms with Gasteiger partial charge in [-0.05, 0) is 23.8 Å². The van der Waals surface area contributed by atoms with Crippen molar-refractivity contribution in [2.24, 2.45) is 0 Å². The first-order valence-corrected chi connectivity index (χ1v) is 7.42. The Morgan fingerprint density at radius 3 is 2.85 bits per heavy atom. The van der Waals surface area contributed by atoms with E-state index < -0.39 is 17.6 Å². The molecule has 6 nitrogen and oxygen atoms in total. The maximum Gasteiger partial charge on any atom is 0.416 e. The molecule has 0 saturated heterocycles. The summed E-state index contributed by atoms with van der Waals surface area (Å²) < 4.78 is 45.0. The number of imidazole rings is 1. The summed E-state index contributed by atoms with van der Waals surface area (Å²) in [5.74, 6) is -0.106. The first-order valence-electron chi connectivity index (χ1n) is 7.42. The molecule has 0 unspecified atom stereocenters. The first-order chi connectivity index (χ1) is 12.3. The molecule has 1 aromatic carbocycles. The highest BCUT2D eigenvalue weighted by molar-refractivity contribution is 6.01. The van der Waals surface area contributed by atoms with Gasteiger partial charge >= 0.3 is 6.18 Å². The monoisotopic (exact) mass is 362 g/mol. The number of rotatable bonds is 5. The number of carbonyl (C=O) groups is 1. The average molecular weight is 362 g/mol. The van der Waals surface area contributed by atoms with E-state index in [1.165, 1.54) is 30.9 Å². The van der Waals surface area contributed by atoms with Crippen LogP contribution in [0.1, 0.15) is 27.6 Å². The first kappa shape index (κ1) is 17.5. The number of nitrogens with one attached hydrogen (secondary N) is 1. The lowest BCUT2D eigenvalue weighted by molar-refractivity contribution is -0.137. The smallest absolute Gasteiger partial charge is 0.416 e. The Balaban J connectivity index is 1.68. The van der Waals surface area contributed by atoms with Crippen LogP contribution in [0.15, 0.2) is 54.0 Å². The van der Waals surface area contributed by atoms with E-state index in [1.807, 2.05) is 0 Å². The summed E-state index contributed by atoms with van der Waals surface area (Å²) in [6.07, 6.45) is 1.13. The van der Waals surface area contributed by atoms with Crippen molar-refractivity contribution in [1.29, 1.82) is 0 Å². The molecule has 0 aliphatic carbocycles. The van der Waals surface area contributed by atoms with Crippen LogP contribution in [0.4, 0.5) is 19.0 Å². The minimum atomic E-state index is -4.40. The summed E-state index contributed by atoms with van der Waals surface area (Å²) in [5.41, 5.74) is -0.257.